The number of ether oxygens (including phenoxy) is 6. The van der Waals surface area contributed by atoms with E-state index in [-0.39, 0.29) is 13.0 Å². The van der Waals surface area contributed by atoms with Gasteiger partial charge in [-0.15, -0.1) is 0 Å². The molecule has 0 spiro atoms. The van der Waals surface area contributed by atoms with Crippen molar-refractivity contribution in [1.29, 1.82) is 0 Å². The van der Waals surface area contributed by atoms with Crippen molar-refractivity contribution >= 4 is 11.3 Å². The average molecular weight is 1100 g/mol. The Kier molecular flexibility index (Phi) is 15.4. The summed E-state index contributed by atoms with van der Waals surface area (Å²) in [5.41, 5.74) is 3.94. The number of nitrogens with zero attached hydrogens (tertiary/aromatic N) is 3. The third kappa shape index (κ3) is 9.96. The zero-order chi connectivity index (χ0) is 56.7. The lowest BCUT2D eigenvalue weighted by molar-refractivity contribution is -0.186. The minimum absolute atomic E-state index is 0.194. The first-order valence-electron chi connectivity index (χ1n) is 27.8. The first-order chi connectivity index (χ1) is 40.9. The molecule has 0 aliphatic carbocycles. The Morgan fingerprint density at radius 1 is 0.482 bits per heavy atom. The largest absolute Gasteiger partial charge is 0.497 e. The Morgan fingerprint density at radius 3 is 1.28 bits per heavy atom. The Bertz CT molecular complexity index is 3740. The molecule has 12 rings (SSSR count). The molecule has 0 amide bonds. The maximum atomic E-state index is 17.7. The summed E-state index contributed by atoms with van der Waals surface area (Å²) in [6, 6.07) is 88.8. The van der Waals surface area contributed by atoms with Crippen LogP contribution in [0, 0.1) is 0 Å². The summed E-state index contributed by atoms with van der Waals surface area (Å²) in [6.45, 7) is -1.24. The number of hydrogen-bond donors (Lipinski definition) is 1. The minimum Gasteiger partial charge on any atom is -0.497 e. The van der Waals surface area contributed by atoms with Crippen molar-refractivity contribution in [3.8, 4) is 17.2 Å². The van der Waals surface area contributed by atoms with Crippen molar-refractivity contribution in [2.45, 2.75) is 41.0 Å². The second-order valence-corrected chi connectivity index (χ2v) is 20.7. The van der Waals surface area contributed by atoms with Gasteiger partial charge in [-0.1, -0.05) is 218 Å². The van der Waals surface area contributed by atoms with Crippen LogP contribution in [0.5, 0.6) is 17.2 Å². The van der Waals surface area contributed by atoms with Crippen molar-refractivity contribution in [3.63, 3.8) is 0 Å². The number of benzene rings is 9. The molecule has 414 valence electrons. The highest BCUT2D eigenvalue weighted by atomic mass is 19.1. The van der Waals surface area contributed by atoms with Gasteiger partial charge >= 0.3 is 0 Å². The van der Waals surface area contributed by atoms with E-state index in [1.54, 1.807) is 27.7 Å². The molecule has 3 heterocycles. The number of methoxy groups -OCH3 is 3. The van der Waals surface area contributed by atoms with Crippen LogP contribution >= 0.6 is 0 Å². The molecule has 2 aromatic heterocycles. The van der Waals surface area contributed by atoms with Gasteiger partial charge in [0, 0.05) is 6.42 Å². The molecule has 1 aliphatic rings. The molecule has 11 heteroatoms. The fourth-order valence-corrected chi connectivity index (χ4v) is 12.1. The lowest BCUT2D eigenvalue weighted by Gasteiger charge is -2.44. The molecule has 1 aliphatic heterocycles. The fraction of sp³-hybridized carbons (Fsp3) is 0.167. The molecule has 0 bridgehead atoms. The number of fused-ring (bicyclic) bond motifs is 1. The predicted octanol–water partition coefficient (Wildman–Crippen LogP) is 14.7. The van der Waals surface area contributed by atoms with Crippen molar-refractivity contribution in [2.24, 2.45) is 0 Å². The predicted molar refractivity (Wildman–Crippen MR) is 322 cm³/mol. The molecule has 11 aromatic rings. The maximum absolute atomic E-state index is 17.7. The van der Waals surface area contributed by atoms with Crippen molar-refractivity contribution in [2.75, 3.05) is 39.9 Å². The van der Waals surface area contributed by atoms with E-state index in [9.17, 15) is 0 Å². The van der Waals surface area contributed by atoms with Crippen LogP contribution in [0.2, 0.25) is 0 Å². The van der Waals surface area contributed by atoms with E-state index in [1.807, 2.05) is 211 Å². The number of anilines is 1. The molecular weight excluding hydrogens is 1040 g/mol. The summed E-state index contributed by atoms with van der Waals surface area (Å²) in [5, 5.41) is 8.92. The maximum Gasteiger partial charge on any atom is 0.155 e. The quantitative estimate of drug-likeness (QED) is 0.0706. The van der Waals surface area contributed by atoms with E-state index in [4.69, 9.17) is 38.5 Å². The summed E-state index contributed by atoms with van der Waals surface area (Å²) in [4.78, 5) is 4.99. The molecule has 1 fully saturated rings. The van der Waals surface area contributed by atoms with Crippen molar-refractivity contribution in [1.82, 2.24) is 14.6 Å². The van der Waals surface area contributed by atoms with E-state index in [1.165, 1.54) is 0 Å². The van der Waals surface area contributed by atoms with Gasteiger partial charge in [-0.2, -0.15) is 5.10 Å². The fourth-order valence-electron chi connectivity index (χ4n) is 12.1. The van der Waals surface area contributed by atoms with Crippen LogP contribution in [-0.4, -0.2) is 60.9 Å². The highest BCUT2D eigenvalue weighted by Crippen LogP contribution is 2.52. The van der Waals surface area contributed by atoms with Crippen LogP contribution in [0.25, 0.3) is 5.52 Å². The normalized spacial score (nSPS) is 16.3. The molecule has 0 saturated carbocycles. The van der Waals surface area contributed by atoms with Crippen LogP contribution in [0.3, 0.4) is 0 Å². The van der Waals surface area contributed by atoms with Crippen LogP contribution in [0.15, 0.2) is 273 Å². The van der Waals surface area contributed by atoms with Gasteiger partial charge in [0.25, 0.3) is 0 Å². The summed E-state index contributed by atoms with van der Waals surface area (Å²) in [5.74, 6) is 2.66. The van der Waals surface area contributed by atoms with Crippen LogP contribution in [0.1, 0.15) is 68.3 Å². The average Bonchev–Trinajstić information content (AvgIpc) is 2.71. The minimum atomic E-state index is -1.75. The van der Waals surface area contributed by atoms with E-state index < -0.39 is 41.2 Å². The van der Waals surface area contributed by atoms with Gasteiger partial charge in [0.2, 0.25) is 0 Å². The SMILES string of the molecule is COc1ccc(C(Nc2ncnn3c([C@H]4C[C@H](OC(c5ccccc5)(c5ccccc5)c5ccc(OC)cc5)[C@@](CF)(COC(c5ccccc5)(c5ccccc5)c5ccc(OC)cc5)O4)ccc23)(c2ccccc2)c2ccccc2)cc1. The molecule has 1 N–H and O–H groups in total. The second-order valence-electron chi connectivity index (χ2n) is 20.7. The Hall–Kier alpha value is -9.39. The number of aromatic nitrogens is 3. The second kappa shape index (κ2) is 23.6. The first-order valence-corrected chi connectivity index (χ1v) is 27.8. The Labute approximate surface area is 483 Å². The van der Waals surface area contributed by atoms with Gasteiger partial charge in [-0.25, -0.2) is 13.9 Å². The molecule has 0 radical (unpaired) electrons. The summed E-state index contributed by atoms with van der Waals surface area (Å²) >= 11 is 0. The Morgan fingerprint density at radius 2 is 0.855 bits per heavy atom. The standard InChI is InChI=1S/C72H63FN4O6/c1-78-61-40-34-54(35-41-61)70(52-22-10-4-11-23-52,53-24-12-5-13-25-53)76-68-65-47-46-64(77(65)75-51-74-68)66-48-67(83-72(57-30-18-8-19-31-57,58-32-20-9-21-33-58)60-38-44-63(80-3)45-39-60)69(49-73,82-66)50-81-71(55-26-14-6-15-27-55,56-28-16-7-17-29-56)59-36-42-62(79-2)43-37-59/h4-47,51,66-67H,48-50H2,1-3H3,(H,74,75,76)/t66-,67+,69-/m1/s1. The zero-order valence-electron chi connectivity index (χ0n) is 46.4. The highest BCUT2D eigenvalue weighted by molar-refractivity contribution is 5.72. The van der Waals surface area contributed by atoms with E-state index >= 15 is 4.39 Å². The topological polar surface area (TPSA) is 97.6 Å². The number of rotatable bonds is 21. The van der Waals surface area contributed by atoms with Crippen molar-refractivity contribution < 1.29 is 32.8 Å². The van der Waals surface area contributed by atoms with Crippen molar-refractivity contribution in [3.05, 3.63) is 329 Å². The van der Waals surface area contributed by atoms with Crippen LogP contribution in [0.4, 0.5) is 10.2 Å². The summed E-state index contributed by atoms with van der Waals surface area (Å²) in [6.07, 6.45) is -0.0308. The number of halogens is 1. The molecule has 9 aromatic carbocycles. The molecule has 0 unspecified atom stereocenters. The lowest BCUT2D eigenvalue weighted by Crippen LogP contribution is -2.53. The van der Waals surface area contributed by atoms with Gasteiger partial charge in [0.1, 0.15) is 64.2 Å². The van der Waals surface area contributed by atoms with Gasteiger partial charge in [-0.3, -0.25) is 0 Å². The third-order valence-corrected chi connectivity index (χ3v) is 16.2. The zero-order valence-corrected chi connectivity index (χ0v) is 46.4. The summed E-state index contributed by atoms with van der Waals surface area (Å²) < 4.78 is 59.7. The molecule has 10 nitrogen and oxygen atoms in total. The van der Waals surface area contributed by atoms with E-state index in [0.29, 0.717) is 28.5 Å². The van der Waals surface area contributed by atoms with Crippen LogP contribution in [-0.2, 0) is 31.0 Å². The highest BCUT2D eigenvalue weighted by Gasteiger charge is 2.57. The molecule has 83 heavy (non-hydrogen) atoms. The first kappa shape index (κ1) is 54.2. The number of hydrogen-bond acceptors (Lipinski definition) is 9. The monoisotopic (exact) mass is 1100 g/mol. The Balaban J connectivity index is 1.03. The van der Waals surface area contributed by atoms with Gasteiger partial charge in [0.15, 0.2) is 5.82 Å². The van der Waals surface area contributed by atoms with E-state index in [2.05, 4.69) is 66.0 Å². The lowest BCUT2D eigenvalue weighted by atomic mass is 9.77. The smallest absolute Gasteiger partial charge is 0.155 e. The van der Waals surface area contributed by atoms with Gasteiger partial charge < -0.3 is 33.7 Å². The molecule has 1 saturated heterocycles. The van der Waals surface area contributed by atoms with Gasteiger partial charge in [0.05, 0.1) is 39.7 Å². The van der Waals surface area contributed by atoms with Gasteiger partial charge in [-0.05, 0) is 98.6 Å². The molecule has 3 atom stereocenters. The van der Waals surface area contributed by atoms with E-state index in [0.717, 1.165) is 55.8 Å². The van der Waals surface area contributed by atoms with Crippen LogP contribution < -0.4 is 19.5 Å². The number of alkyl halides is 1. The third-order valence-electron chi connectivity index (χ3n) is 16.2. The molecular formula is C72H63FN4O6. The summed E-state index contributed by atoms with van der Waals surface area (Å²) in [7, 11) is 4.96. The number of nitrogens with one attached hydrogen (secondary N) is 1.